The molecule has 9 heteroatoms. The van der Waals surface area contributed by atoms with E-state index in [1.165, 1.54) is 0 Å². The Hall–Kier alpha value is 0.960. The van der Waals surface area contributed by atoms with E-state index in [4.69, 9.17) is 27.9 Å². The highest BCUT2D eigenvalue weighted by molar-refractivity contribution is 6.18. The number of quaternary nitrogens is 2. The van der Waals surface area contributed by atoms with E-state index in [1.807, 2.05) is 0 Å². The van der Waals surface area contributed by atoms with Gasteiger partial charge in [-0.25, -0.2) is 0 Å². The van der Waals surface area contributed by atoms with Crippen molar-refractivity contribution >= 4 is 35.6 Å². The number of hydrogen-bond acceptors (Lipinski definition) is 3. The molecule has 0 aromatic carbocycles. The number of alkyl halides is 2. The van der Waals surface area contributed by atoms with Gasteiger partial charge in [-0.15, -0.1) is 35.6 Å². The van der Waals surface area contributed by atoms with Crippen molar-refractivity contribution in [1.29, 1.82) is 0 Å². The number of ether oxygens (including phenoxy) is 1. The summed E-state index contributed by atoms with van der Waals surface area (Å²) >= 11 is 11.2. The molecule has 0 aliphatic carbocycles. The van der Waals surface area contributed by atoms with Crippen molar-refractivity contribution in [3.05, 3.63) is 0 Å². The van der Waals surface area contributed by atoms with Gasteiger partial charge in [0.1, 0.15) is 38.4 Å². The maximum absolute atomic E-state index is 9.58. The number of aliphatic hydroxyl groups excluding tert-OH is 2. The standard InChI is InChI=1S/C14H32Cl2N2O3.2ClH/c1-17(2,11-13(19)9-15)5-7-21-8-6-18(3,4)12-14(20)10-16;;/h13-14,19-20H,5-12H2,1-4H3;2*1H/q+2;;/p-1. The first-order chi connectivity index (χ1) is 9.62. The Labute approximate surface area is 163 Å². The van der Waals surface area contributed by atoms with E-state index in [0.717, 1.165) is 13.1 Å². The second-order valence-corrected chi connectivity index (χ2v) is 7.53. The van der Waals surface area contributed by atoms with Crippen molar-refractivity contribution in [3.8, 4) is 0 Å². The van der Waals surface area contributed by atoms with Crippen molar-refractivity contribution < 1.29 is 36.3 Å². The van der Waals surface area contributed by atoms with Crippen LogP contribution in [0.25, 0.3) is 0 Å². The summed E-state index contributed by atoms with van der Waals surface area (Å²) in [5.41, 5.74) is 0. The Bertz CT molecular complexity index is 259. The van der Waals surface area contributed by atoms with Crippen LogP contribution in [0.15, 0.2) is 0 Å². The fraction of sp³-hybridized carbons (Fsp3) is 1.00. The van der Waals surface area contributed by atoms with Gasteiger partial charge < -0.3 is 36.3 Å². The number of halogens is 4. The van der Waals surface area contributed by atoms with E-state index in [1.54, 1.807) is 0 Å². The Morgan fingerprint density at radius 1 is 0.826 bits per heavy atom. The van der Waals surface area contributed by atoms with Gasteiger partial charge in [0.2, 0.25) is 0 Å². The molecule has 2 unspecified atom stereocenters. The maximum Gasteiger partial charge on any atom is 0.116 e. The number of likely N-dealkylation sites (N-methyl/N-ethyl adjacent to an activating group) is 2. The van der Waals surface area contributed by atoms with Gasteiger partial charge in [0.25, 0.3) is 0 Å². The lowest BCUT2D eigenvalue weighted by molar-refractivity contribution is -0.896. The second-order valence-electron chi connectivity index (χ2n) is 6.91. The highest BCUT2D eigenvalue weighted by Gasteiger charge is 2.21. The molecule has 0 aliphatic heterocycles. The molecule has 0 aromatic heterocycles. The topological polar surface area (TPSA) is 49.7 Å². The normalized spacial score (nSPS) is 14.6. The van der Waals surface area contributed by atoms with Crippen LogP contribution in [0, 0.1) is 0 Å². The summed E-state index contributed by atoms with van der Waals surface area (Å²) in [5, 5.41) is 19.2. The first-order valence-electron chi connectivity index (χ1n) is 7.32. The minimum atomic E-state index is -0.477. The predicted molar refractivity (Wildman–Crippen MR) is 95.2 cm³/mol. The quantitative estimate of drug-likeness (QED) is 0.214. The molecule has 0 bridgehead atoms. The molecule has 0 amide bonds. The van der Waals surface area contributed by atoms with Crippen LogP contribution in [-0.4, -0.2) is 111 Å². The summed E-state index contributed by atoms with van der Waals surface area (Å²) in [5.74, 6) is 0.522. The maximum atomic E-state index is 9.58. The average molecular weight is 419 g/mol. The highest BCUT2D eigenvalue weighted by Crippen LogP contribution is 2.03. The van der Waals surface area contributed by atoms with Crippen LogP contribution >= 0.6 is 35.6 Å². The number of hydrogen-bond donors (Lipinski definition) is 2. The molecule has 2 N–H and O–H groups in total. The average Bonchev–Trinajstić information content (AvgIpc) is 2.36. The Balaban J connectivity index is -0.00000200. The van der Waals surface area contributed by atoms with Crippen LogP contribution in [0.3, 0.4) is 0 Å². The smallest absolute Gasteiger partial charge is 0.116 e. The number of rotatable bonds is 12. The molecular weight excluding hydrogens is 386 g/mol. The molecular formula is C14H33Cl4N2O3+. The molecule has 0 fully saturated rings. The van der Waals surface area contributed by atoms with E-state index < -0.39 is 12.2 Å². The van der Waals surface area contributed by atoms with Gasteiger partial charge in [-0.05, 0) is 0 Å². The molecule has 144 valence electrons. The third-order valence-electron chi connectivity index (χ3n) is 3.45. The fourth-order valence-corrected chi connectivity index (χ4v) is 2.34. The van der Waals surface area contributed by atoms with Crippen molar-refractivity contribution in [2.75, 3.05) is 79.3 Å². The van der Waals surface area contributed by atoms with Crippen molar-refractivity contribution in [3.63, 3.8) is 0 Å². The highest BCUT2D eigenvalue weighted by atomic mass is 35.5. The Morgan fingerprint density at radius 3 is 1.39 bits per heavy atom. The summed E-state index contributed by atoms with van der Waals surface area (Å²) < 4.78 is 7.03. The molecule has 0 spiro atoms. The van der Waals surface area contributed by atoms with Crippen LogP contribution in [-0.2, 0) is 4.74 Å². The van der Waals surface area contributed by atoms with Crippen LogP contribution in [0.5, 0.6) is 0 Å². The van der Waals surface area contributed by atoms with E-state index in [2.05, 4.69) is 28.2 Å². The molecule has 0 aliphatic rings. The van der Waals surface area contributed by atoms with Gasteiger partial charge in [-0.1, -0.05) is 0 Å². The summed E-state index contributed by atoms with van der Waals surface area (Å²) in [7, 11) is 8.21. The Morgan fingerprint density at radius 2 is 1.13 bits per heavy atom. The number of nitrogens with zero attached hydrogens (tertiary/aromatic N) is 2. The van der Waals surface area contributed by atoms with Gasteiger partial charge in [0.05, 0.1) is 53.2 Å². The van der Waals surface area contributed by atoms with Crippen LogP contribution in [0.4, 0.5) is 0 Å². The Kier molecular flexibility index (Phi) is 17.7. The van der Waals surface area contributed by atoms with Gasteiger partial charge in [0.15, 0.2) is 0 Å². The molecule has 0 radical (unpaired) electrons. The van der Waals surface area contributed by atoms with E-state index in [0.29, 0.717) is 35.3 Å². The van der Waals surface area contributed by atoms with Crippen LogP contribution in [0.1, 0.15) is 0 Å². The zero-order chi connectivity index (χ0) is 16.5. The zero-order valence-corrected chi connectivity index (χ0v) is 17.6. The lowest BCUT2D eigenvalue weighted by Gasteiger charge is -2.32. The largest absolute Gasteiger partial charge is 1.00 e. The lowest BCUT2D eigenvalue weighted by Crippen LogP contribution is -3.00. The molecule has 23 heavy (non-hydrogen) atoms. The van der Waals surface area contributed by atoms with E-state index in [-0.39, 0.29) is 36.6 Å². The van der Waals surface area contributed by atoms with Crippen molar-refractivity contribution in [1.82, 2.24) is 0 Å². The third kappa shape index (κ3) is 16.2. The van der Waals surface area contributed by atoms with Gasteiger partial charge in [-0.2, -0.15) is 0 Å². The summed E-state index contributed by atoms with van der Waals surface area (Å²) in [6, 6.07) is 0. The van der Waals surface area contributed by atoms with Gasteiger partial charge in [-0.3, -0.25) is 0 Å². The van der Waals surface area contributed by atoms with Crippen LogP contribution in [0.2, 0.25) is 0 Å². The summed E-state index contributed by atoms with van der Waals surface area (Å²) in [6.07, 6.45) is -0.955. The molecule has 0 saturated heterocycles. The van der Waals surface area contributed by atoms with Gasteiger partial charge >= 0.3 is 0 Å². The molecule has 5 nitrogen and oxygen atoms in total. The molecule has 0 saturated carbocycles. The first kappa shape index (κ1) is 28.8. The fourth-order valence-electron chi connectivity index (χ4n) is 2.15. The summed E-state index contributed by atoms with van der Waals surface area (Å²) in [6.45, 7) is 4.17. The van der Waals surface area contributed by atoms with E-state index >= 15 is 0 Å². The number of aliphatic hydroxyl groups is 2. The summed E-state index contributed by atoms with van der Waals surface area (Å²) in [4.78, 5) is 0. The second kappa shape index (κ2) is 14.2. The first-order valence-corrected chi connectivity index (χ1v) is 8.38. The lowest BCUT2D eigenvalue weighted by atomic mass is 10.3. The third-order valence-corrected chi connectivity index (χ3v) is 4.16. The van der Waals surface area contributed by atoms with Gasteiger partial charge in [0, 0.05) is 0 Å². The van der Waals surface area contributed by atoms with Crippen LogP contribution < -0.4 is 12.4 Å². The predicted octanol–water partition coefficient (Wildman–Crippen LogP) is -2.22. The monoisotopic (exact) mass is 417 g/mol. The zero-order valence-electron chi connectivity index (χ0n) is 14.6. The molecule has 2 atom stereocenters. The van der Waals surface area contributed by atoms with Crippen molar-refractivity contribution in [2.45, 2.75) is 12.2 Å². The van der Waals surface area contributed by atoms with Crippen molar-refractivity contribution in [2.24, 2.45) is 0 Å². The molecule has 0 aromatic rings. The molecule has 0 rings (SSSR count). The SMILES string of the molecule is C[N+](C)(CCOCC[N+](C)(C)CC(O)CCl)CC(O)CCl.Cl.[Cl-]. The minimum Gasteiger partial charge on any atom is -1.00 e. The van der Waals surface area contributed by atoms with E-state index in [9.17, 15) is 10.2 Å². The minimum absolute atomic E-state index is 0. The molecule has 0 heterocycles.